The number of ether oxygens (including phenoxy) is 7. The van der Waals surface area contributed by atoms with E-state index in [4.69, 9.17) is 38.9 Å². The van der Waals surface area contributed by atoms with Crippen molar-refractivity contribution in [2.24, 2.45) is 45.7 Å². The first-order chi connectivity index (χ1) is 41.2. The number of hydrogen-bond acceptors (Lipinski definition) is 18. The predicted octanol–water partition coefficient (Wildman–Crippen LogP) is 2.98. The normalized spacial score (nSPS) is 40.3. The second kappa shape index (κ2) is 18.3. The molecule has 3 aromatic carbocycles. The Labute approximate surface area is 485 Å². The molecule has 1 saturated heterocycles. The summed E-state index contributed by atoms with van der Waals surface area (Å²) in [5.41, 5.74) is 2.21. The molecule has 18 rings (SSSR count). The van der Waals surface area contributed by atoms with E-state index in [1.54, 1.807) is 18.3 Å². The van der Waals surface area contributed by atoms with Crippen molar-refractivity contribution in [2.75, 3.05) is 13.4 Å². The minimum Gasteiger partial charge on any atom is -0.487 e. The van der Waals surface area contributed by atoms with Gasteiger partial charge in [0.05, 0.1) is 29.7 Å². The molecule has 20 unspecified atom stereocenters. The van der Waals surface area contributed by atoms with Crippen LogP contribution < -0.4 is 34.7 Å². The Morgan fingerprint density at radius 1 is 0.941 bits per heavy atom. The Morgan fingerprint density at radius 3 is 2.58 bits per heavy atom. The maximum Gasteiger partial charge on any atom is 0.333 e. The molecule has 85 heavy (non-hydrogen) atoms. The number of allylic oxidation sites excluding steroid dienone is 2. The summed E-state index contributed by atoms with van der Waals surface area (Å²) in [6.07, 6.45) is 0.109. The molecule has 2 aromatic heterocycles. The molecule has 0 radical (unpaired) electrons. The monoisotopic (exact) mass is 1160 g/mol. The van der Waals surface area contributed by atoms with Crippen molar-refractivity contribution in [2.45, 2.75) is 123 Å². The topological polar surface area (TPSA) is 316 Å². The highest BCUT2D eigenvalue weighted by Gasteiger charge is 2.84. The first-order valence-electron chi connectivity index (χ1n) is 28.9. The molecule has 5 aliphatic carbocycles. The third-order valence-corrected chi connectivity index (χ3v) is 21.6. The summed E-state index contributed by atoms with van der Waals surface area (Å²) in [5.74, 6) is 3.88. The Hall–Kier alpha value is -7.83. The maximum atomic E-state index is 14.8. The third kappa shape index (κ3) is 6.64. The van der Waals surface area contributed by atoms with Crippen molar-refractivity contribution in [1.82, 2.24) is 14.9 Å². The quantitative estimate of drug-likeness (QED) is 0.0267. The van der Waals surface area contributed by atoms with Gasteiger partial charge in [-0.25, -0.2) is 0 Å². The van der Waals surface area contributed by atoms with Crippen LogP contribution in [-0.2, 0) is 37.0 Å². The molecule has 21 nitrogen and oxygen atoms in total. The van der Waals surface area contributed by atoms with Gasteiger partial charge in [0.25, 0.3) is 0 Å². The number of carbonyl (C=O) groups excluding carboxylic acids is 2. The lowest BCUT2D eigenvalue weighted by Gasteiger charge is -2.63. The molecule has 5 aromatic rings. The number of H-pyrrole nitrogens is 1. The Bertz CT molecular complexity index is 3890. The number of carboxylic acids is 1. The molecule has 4 fully saturated rings. The Balaban J connectivity index is 1.02. The molecule has 0 amide bonds. The lowest BCUT2D eigenvalue weighted by molar-refractivity contribution is -0.383. The third-order valence-electron chi connectivity index (χ3n) is 21.6. The van der Waals surface area contributed by atoms with Gasteiger partial charge in [0.2, 0.25) is 18.0 Å². The number of nitrogens with zero attached hydrogens (tertiary/aromatic N) is 1. The van der Waals surface area contributed by atoms with Crippen LogP contribution in [-0.4, -0.2) is 131 Å². The van der Waals surface area contributed by atoms with Crippen molar-refractivity contribution in [3.63, 3.8) is 0 Å². The molecule has 10 heterocycles. The number of nitrogens with one attached hydrogen (secondary N) is 2. The number of aliphatic hydroxyl groups excluding tert-OH is 5. The molecular weight excluding hydrogens is 1100 g/mol. The molecule has 20 atom stereocenters. The summed E-state index contributed by atoms with van der Waals surface area (Å²) < 4.78 is 49.8. The fraction of sp³-hybridized carbons (Fsp3) is 0.453. The number of aromatic nitrogens is 2. The van der Waals surface area contributed by atoms with Crippen LogP contribution in [0.1, 0.15) is 89.5 Å². The molecule has 3 spiro atoms. The average Bonchev–Trinajstić information content (AvgIpc) is 1.50. The van der Waals surface area contributed by atoms with E-state index in [2.05, 4.69) is 40.1 Å². The molecule has 3 saturated carbocycles. The number of aliphatic carboxylic acids is 1. The molecule has 11 N–H and O–H groups in total. The van der Waals surface area contributed by atoms with Gasteiger partial charge in [0.15, 0.2) is 35.6 Å². The molecule has 13 aliphatic rings. The van der Waals surface area contributed by atoms with E-state index >= 15 is 0 Å². The zero-order valence-electron chi connectivity index (χ0n) is 45.5. The standard InChI is InChI=1S/C64H60N4O17/c65-56-55-63(19-21-67-56)53(73)54(74)64(78)59(85-63)82-41-22-42-45(52-46-36-9-10-40(80-29-71)51(50(36)83-52)79-28-34(72)7-8-35(49(46)81-42)30-4-2-1-3-5-30)38(25-68-24-32-14-20-66-48(32)39(68)27-70)44(41)47-31-6-11-43-60(17-18-62(43,47)64)15-12-33(26-69)61(60,23-31)16-13-37(57(75)76)58(77)84-55/h1-6,9-11,14,19-22,24,26,31,33-35,37,43,46-47,49,52-56,59,66-67,70-74,78H,12,15,17-18,23,25,27-29,65H2,(H,75,76). The minimum absolute atomic E-state index is 0.00194. The fourth-order valence-electron chi connectivity index (χ4n) is 18.3. The first kappa shape index (κ1) is 52.7. The van der Waals surface area contributed by atoms with Crippen LogP contribution >= 0.6 is 0 Å². The van der Waals surface area contributed by atoms with Crippen molar-refractivity contribution in [3.05, 3.63) is 125 Å². The van der Waals surface area contributed by atoms with Crippen LogP contribution in [0.3, 0.4) is 0 Å². The number of carbonyl (C=O) groups is 3. The number of carboxylic acid groups (broad SMARTS) is 1. The van der Waals surface area contributed by atoms with Gasteiger partial charge in [-0.1, -0.05) is 72.2 Å². The van der Waals surface area contributed by atoms with Gasteiger partial charge in [0, 0.05) is 69.7 Å². The van der Waals surface area contributed by atoms with Crippen molar-refractivity contribution >= 4 is 29.1 Å². The van der Waals surface area contributed by atoms with E-state index < -0.39 is 143 Å². The molecule has 12 bridgehead atoms. The van der Waals surface area contributed by atoms with Crippen LogP contribution in [0.25, 0.3) is 10.9 Å². The summed E-state index contributed by atoms with van der Waals surface area (Å²) in [4.78, 5) is 45.1. The second-order valence-electron chi connectivity index (χ2n) is 24.8. The SMILES string of the molecule is NC1NC=CC23OC4Oc5cc6c(c(Cn7cc8cc[nH]c8c7CO)c5C5C7C=CC8C9(CCC(C=O)C9(C#CC(C(=O)O)C(=O)OC12)C7)CCC58C4(O)C(O)C3O)C1Oc2c3ccc(OCO)c2OCC(O)C#CC(c2ccccc2)C(O6)C31. The van der Waals surface area contributed by atoms with Gasteiger partial charge in [0.1, 0.15) is 61.1 Å². The highest BCUT2D eigenvalue weighted by molar-refractivity contribution is 5.97. The van der Waals surface area contributed by atoms with Crippen molar-refractivity contribution < 1.29 is 83.3 Å². The zero-order chi connectivity index (χ0) is 58.3. The van der Waals surface area contributed by atoms with Gasteiger partial charge >= 0.3 is 11.9 Å². The summed E-state index contributed by atoms with van der Waals surface area (Å²) >= 11 is 0. The average molecular weight is 1160 g/mol. The molecule has 438 valence electrons. The number of benzene rings is 3. The number of nitrogens with two attached hydrogens (primary N) is 1. The van der Waals surface area contributed by atoms with Gasteiger partial charge in [-0.05, 0) is 84.9 Å². The van der Waals surface area contributed by atoms with Crippen LogP contribution in [0.15, 0.2) is 91.4 Å². The number of rotatable bonds is 8. The van der Waals surface area contributed by atoms with Crippen LogP contribution in [0.2, 0.25) is 0 Å². The summed E-state index contributed by atoms with van der Waals surface area (Å²) in [7, 11) is 0. The van der Waals surface area contributed by atoms with Crippen LogP contribution in [0.4, 0.5) is 0 Å². The second-order valence-corrected chi connectivity index (χ2v) is 24.8. The summed E-state index contributed by atoms with van der Waals surface area (Å²) in [6.45, 7) is -1.39. The van der Waals surface area contributed by atoms with Gasteiger partial charge < -0.3 is 94.3 Å². The van der Waals surface area contributed by atoms with Crippen LogP contribution in [0, 0.1) is 63.6 Å². The lowest BCUT2D eigenvalue weighted by Crippen LogP contribution is -2.81. The molecular formula is C64H60N4O17. The minimum atomic E-state index is -2.57. The van der Waals surface area contributed by atoms with E-state index in [0.717, 1.165) is 17.2 Å². The van der Waals surface area contributed by atoms with E-state index in [0.29, 0.717) is 52.7 Å². The van der Waals surface area contributed by atoms with Crippen molar-refractivity contribution in [3.8, 4) is 52.4 Å². The number of hydrogen-bond donors (Lipinski definition) is 10. The van der Waals surface area contributed by atoms with Gasteiger partial charge in [-0.15, -0.1) is 0 Å². The summed E-state index contributed by atoms with van der Waals surface area (Å²) in [6, 6.07) is 16.7. The lowest BCUT2D eigenvalue weighted by atomic mass is 9.47. The van der Waals surface area contributed by atoms with E-state index in [1.165, 1.54) is 12.3 Å². The number of aliphatic hydroxyl groups is 6. The molecule has 21 heteroatoms. The number of esters is 1. The predicted molar refractivity (Wildman–Crippen MR) is 294 cm³/mol. The maximum absolute atomic E-state index is 14.8. The van der Waals surface area contributed by atoms with E-state index in [9.17, 15) is 50.1 Å². The highest BCUT2D eigenvalue weighted by atomic mass is 16.7. The number of aromatic amines is 1. The largest absolute Gasteiger partial charge is 0.487 e. The van der Waals surface area contributed by atoms with Gasteiger partial charge in [-0.3, -0.25) is 9.59 Å². The smallest absolute Gasteiger partial charge is 0.333 e. The number of fused-ring (bicyclic) bond motifs is 8. The Kier molecular flexibility index (Phi) is 11.4. The number of aldehydes is 1. The molecule has 8 aliphatic heterocycles. The van der Waals surface area contributed by atoms with E-state index in [-0.39, 0.29) is 54.7 Å². The fourth-order valence-corrected chi connectivity index (χ4v) is 18.3. The Morgan fingerprint density at radius 2 is 1.78 bits per heavy atom. The summed E-state index contributed by atoms with van der Waals surface area (Å²) in [5, 5.41) is 88.9. The zero-order valence-corrected chi connectivity index (χ0v) is 45.5. The van der Waals surface area contributed by atoms with Crippen molar-refractivity contribution in [1.29, 1.82) is 0 Å². The van der Waals surface area contributed by atoms with E-state index in [1.807, 2.05) is 59.3 Å². The first-order valence-corrected chi connectivity index (χ1v) is 28.9. The van der Waals surface area contributed by atoms with Crippen LogP contribution in [0.5, 0.6) is 28.7 Å². The highest BCUT2D eigenvalue weighted by Crippen LogP contribution is 2.83. The van der Waals surface area contributed by atoms with Gasteiger partial charge in [-0.2, -0.15) is 0 Å².